The van der Waals surface area contributed by atoms with Crippen LogP contribution >= 0.6 is 15.9 Å². The molecule has 1 aliphatic heterocycles. The largest absolute Gasteiger partial charge is 0.336 e. The summed E-state index contributed by atoms with van der Waals surface area (Å²) >= 11 is 3.48. The number of rotatable bonds is 1. The summed E-state index contributed by atoms with van der Waals surface area (Å²) in [6.45, 7) is 12.2. The van der Waals surface area contributed by atoms with E-state index in [-0.39, 0.29) is 11.4 Å². The second kappa shape index (κ2) is 5.86. The topological polar surface area (TPSA) is 23.6 Å². The zero-order valence-corrected chi connectivity index (χ0v) is 14.3. The first-order valence-electron chi connectivity index (χ1n) is 7.09. The molecule has 20 heavy (non-hydrogen) atoms. The zero-order chi connectivity index (χ0) is 14.9. The molecule has 0 N–H and O–H groups in total. The van der Waals surface area contributed by atoms with Crippen LogP contribution in [-0.4, -0.2) is 47.4 Å². The van der Waals surface area contributed by atoms with Crippen molar-refractivity contribution >= 4 is 21.8 Å². The number of hydrogen-bond acceptors (Lipinski definition) is 2. The Morgan fingerprint density at radius 3 is 2.30 bits per heavy atom. The number of nitrogens with zero attached hydrogens (tertiary/aromatic N) is 2. The van der Waals surface area contributed by atoms with Crippen LogP contribution in [0.15, 0.2) is 22.7 Å². The Labute approximate surface area is 130 Å². The number of piperazine rings is 1. The number of carbonyl (C=O) groups excluding carboxylic acids is 1. The molecule has 0 radical (unpaired) electrons. The van der Waals surface area contributed by atoms with E-state index >= 15 is 0 Å². The van der Waals surface area contributed by atoms with Gasteiger partial charge in [0.15, 0.2) is 0 Å². The molecule has 1 saturated heterocycles. The molecule has 0 unspecified atom stereocenters. The van der Waals surface area contributed by atoms with E-state index in [1.54, 1.807) is 0 Å². The molecule has 110 valence electrons. The molecule has 1 fully saturated rings. The smallest absolute Gasteiger partial charge is 0.255 e. The molecule has 0 bridgehead atoms. The average Bonchev–Trinajstić information content (AvgIpc) is 2.40. The molecule has 1 aromatic carbocycles. The van der Waals surface area contributed by atoms with Crippen LogP contribution in [0.5, 0.6) is 0 Å². The van der Waals surface area contributed by atoms with E-state index in [2.05, 4.69) is 41.6 Å². The zero-order valence-electron chi connectivity index (χ0n) is 12.7. The number of carbonyl (C=O) groups is 1. The van der Waals surface area contributed by atoms with Crippen molar-refractivity contribution in [2.24, 2.45) is 0 Å². The first-order valence-corrected chi connectivity index (χ1v) is 7.89. The lowest BCUT2D eigenvalue weighted by atomic mass is 10.0. The number of halogens is 1. The Morgan fingerprint density at radius 1 is 1.15 bits per heavy atom. The van der Waals surface area contributed by atoms with Gasteiger partial charge in [-0.2, -0.15) is 0 Å². The van der Waals surface area contributed by atoms with E-state index in [4.69, 9.17) is 0 Å². The number of hydrogen-bond donors (Lipinski definition) is 0. The van der Waals surface area contributed by atoms with Gasteiger partial charge in [0, 0.05) is 36.2 Å². The maximum atomic E-state index is 12.6. The molecule has 0 saturated carbocycles. The SMILES string of the molecule is Cc1ccc(Br)c(C(=O)N2CCN(C(C)(C)C)CC2)c1. The number of aryl methyl sites for hydroxylation is 1. The summed E-state index contributed by atoms with van der Waals surface area (Å²) in [6.07, 6.45) is 0. The first kappa shape index (κ1) is 15.5. The molecule has 0 aliphatic carbocycles. The summed E-state index contributed by atoms with van der Waals surface area (Å²) in [6, 6.07) is 5.93. The van der Waals surface area contributed by atoms with Gasteiger partial charge in [0.2, 0.25) is 0 Å². The minimum absolute atomic E-state index is 0.133. The van der Waals surface area contributed by atoms with Gasteiger partial charge in [0.25, 0.3) is 5.91 Å². The molecule has 0 spiro atoms. The monoisotopic (exact) mass is 338 g/mol. The van der Waals surface area contributed by atoms with Gasteiger partial charge >= 0.3 is 0 Å². The molecule has 0 atom stereocenters. The van der Waals surface area contributed by atoms with Crippen LogP contribution in [0.25, 0.3) is 0 Å². The van der Waals surface area contributed by atoms with E-state index in [9.17, 15) is 4.79 Å². The third kappa shape index (κ3) is 3.41. The Hall–Kier alpha value is -0.870. The van der Waals surface area contributed by atoms with E-state index in [1.807, 2.05) is 30.0 Å². The predicted molar refractivity (Wildman–Crippen MR) is 86.1 cm³/mol. The van der Waals surface area contributed by atoms with Crippen molar-refractivity contribution in [1.29, 1.82) is 0 Å². The first-order chi connectivity index (χ1) is 9.29. The summed E-state index contributed by atoms with van der Waals surface area (Å²) < 4.78 is 0.881. The van der Waals surface area contributed by atoms with Crippen molar-refractivity contribution in [2.75, 3.05) is 26.2 Å². The van der Waals surface area contributed by atoms with Crippen molar-refractivity contribution in [3.63, 3.8) is 0 Å². The van der Waals surface area contributed by atoms with Crippen molar-refractivity contribution < 1.29 is 4.79 Å². The summed E-state index contributed by atoms with van der Waals surface area (Å²) in [7, 11) is 0. The van der Waals surface area contributed by atoms with Crippen molar-refractivity contribution in [3.05, 3.63) is 33.8 Å². The highest BCUT2D eigenvalue weighted by Crippen LogP contribution is 2.22. The summed E-state index contributed by atoms with van der Waals surface area (Å²) in [5.74, 6) is 0.133. The minimum atomic E-state index is 0.133. The summed E-state index contributed by atoms with van der Waals surface area (Å²) in [4.78, 5) is 17.0. The van der Waals surface area contributed by atoms with Crippen LogP contribution in [0.3, 0.4) is 0 Å². The van der Waals surface area contributed by atoms with E-state index < -0.39 is 0 Å². The maximum Gasteiger partial charge on any atom is 0.255 e. The summed E-state index contributed by atoms with van der Waals surface area (Å²) in [5.41, 5.74) is 2.07. The highest BCUT2D eigenvalue weighted by molar-refractivity contribution is 9.10. The normalized spacial score (nSPS) is 17.4. The molecular weight excluding hydrogens is 316 g/mol. The predicted octanol–water partition coefficient (Wildman–Crippen LogP) is 3.31. The fraction of sp³-hybridized carbons (Fsp3) is 0.562. The molecule has 1 amide bonds. The Morgan fingerprint density at radius 2 is 1.75 bits per heavy atom. The van der Waals surface area contributed by atoms with Gasteiger partial charge in [0.1, 0.15) is 0 Å². The Kier molecular flexibility index (Phi) is 4.55. The lowest BCUT2D eigenvalue weighted by Crippen LogP contribution is -2.54. The molecule has 1 heterocycles. The van der Waals surface area contributed by atoms with Crippen LogP contribution in [0.2, 0.25) is 0 Å². The summed E-state index contributed by atoms with van der Waals surface area (Å²) in [5, 5.41) is 0. The van der Waals surface area contributed by atoms with Crippen molar-refractivity contribution in [1.82, 2.24) is 9.80 Å². The van der Waals surface area contributed by atoms with Crippen molar-refractivity contribution in [3.8, 4) is 0 Å². The lowest BCUT2D eigenvalue weighted by molar-refractivity contribution is 0.0450. The standard InChI is InChI=1S/C16H23BrN2O/c1-12-5-6-14(17)13(11-12)15(20)18-7-9-19(10-8-18)16(2,3)4/h5-6,11H,7-10H2,1-4H3. The third-order valence-electron chi connectivity index (χ3n) is 3.87. The average molecular weight is 339 g/mol. The molecule has 4 heteroatoms. The highest BCUT2D eigenvalue weighted by atomic mass is 79.9. The molecule has 1 aliphatic rings. The molecule has 3 nitrogen and oxygen atoms in total. The highest BCUT2D eigenvalue weighted by Gasteiger charge is 2.28. The quantitative estimate of drug-likeness (QED) is 0.784. The van der Waals surface area contributed by atoms with Crippen LogP contribution in [0.4, 0.5) is 0 Å². The van der Waals surface area contributed by atoms with Gasteiger partial charge in [-0.15, -0.1) is 0 Å². The van der Waals surface area contributed by atoms with Gasteiger partial charge in [-0.1, -0.05) is 11.6 Å². The second-order valence-electron chi connectivity index (χ2n) is 6.43. The van der Waals surface area contributed by atoms with E-state index in [1.165, 1.54) is 0 Å². The number of amides is 1. The molecule has 2 rings (SSSR count). The maximum absolute atomic E-state index is 12.6. The van der Waals surface area contributed by atoms with Crippen LogP contribution in [0.1, 0.15) is 36.7 Å². The third-order valence-corrected chi connectivity index (χ3v) is 4.56. The van der Waals surface area contributed by atoms with Crippen LogP contribution < -0.4 is 0 Å². The van der Waals surface area contributed by atoms with Gasteiger partial charge in [0.05, 0.1) is 5.56 Å². The van der Waals surface area contributed by atoms with E-state index in [0.717, 1.165) is 41.8 Å². The van der Waals surface area contributed by atoms with E-state index in [0.29, 0.717) is 0 Å². The molecule has 1 aromatic rings. The van der Waals surface area contributed by atoms with Gasteiger partial charge in [-0.3, -0.25) is 9.69 Å². The Balaban J connectivity index is 2.07. The fourth-order valence-corrected chi connectivity index (χ4v) is 2.97. The van der Waals surface area contributed by atoms with Gasteiger partial charge in [-0.25, -0.2) is 0 Å². The minimum Gasteiger partial charge on any atom is -0.336 e. The fourth-order valence-electron chi connectivity index (χ4n) is 2.55. The molecular formula is C16H23BrN2O. The van der Waals surface area contributed by atoms with Crippen molar-refractivity contribution in [2.45, 2.75) is 33.2 Å². The second-order valence-corrected chi connectivity index (χ2v) is 7.29. The number of benzene rings is 1. The van der Waals surface area contributed by atoms with Gasteiger partial charge < -0.3 is 4.90 Å². The van der Waals surface area contributed by atoms with Gasteiger partial charge in [-0.05, 0) is 55.8 Å². The Bertz CT molecular complexity index is 500. The van der Waals surface area contributed by atoms with Crippen LogP contribution in [0, 0.1) is 6.92 Å². The molecule has 0 aromatic heterocycles. The lowest BCUT2D eigenvalue weighted by Gasteiger charge is -2.42. The van der Waals surface area contributed by atoms with Crippen LogP contribution in [-0.2, 0) is 0 Å².